The number of para-hydroxylation sites is 1. The summed E-state index contributed by atoms with van der Waals surface area (Å²) >= 11 is 0. The summed E-state index contributed by atoms with van der Waals surface area (Å²) in [6, 6.07) is 16.8. The fraction of sp³-hybridized carbons (Fsp3) is 0.136. The molecule has 0 spiro atoms. The number of benzene rings is 2. The molecule has 0 saturated carbocycles. The Labute approximate surface area is 166 Å². The number of carbonyl (C=O) groups excluding carboxylic acids is 2. The molecule has 7 heteroatoms. The molecule has 0 atom stereocenters. The Morgan fingerprint density at radius 3 is 2.62 bits per heavy atom. The van der Waals surface area contributed by atoms with Crippen molar-refractivity contribution >= 4 is 22.8 Å². The van der Waals surface area contributed by atoms with E-state index in [9.17, 15) is 9.59 Å². The van der Waals surface area contributed by atoms with Gasteiger partial charge in [-0.15, -0.1) is 0 Å². The Bertz CT molecular complexity index is 1160. The number of carbonyl (C=O) groups is 2. The van der Waals surface area contributed by atoms with E-state index in [0.29, 0.717) is 22.6 Å². The summed E-state index contributed by atoms with van der Waals surface area (Å²) in [5.74, 6) is -0.0104. The van der Waals surface area contributed by atoms with Crippen LogP contribution >= 0.6 is 0 Å². The molecule has 0 unspecified atom stereocenters. The van der Waals surface area contributed by atoms with Crippen LogP contribution in [0.3, 0.4) is 0 Å². The van der Waals surface area contributed by atoms with E-state index in [1.807, 2.05) is 48.5 Å². The first kappa shape index (κ1) is 18.5. The molecule has 0 aliphatic carbocycles. The molecule has 0 saturated heterocycles. The zero-order valence-corrected chi connectivity index (χ0v) is 15.7. The van der Waals surface area contributed by atoms with Gasteiger partial charge in [0.05, 0.1) is 18.9 Å². The molecule has 0 fully saturated rings. The second-order valence-electron chi connectivity index (χ2n) is 6.32. The van der Waals surface area contributed by atoms with Crippen LogP contribution in [-0.4, -0.2) is 28.6 Å². The van der Waals surface area contributed by atoms with Gasteiger partial charge in [-0.3, -0.25) is 4.79 Å². The van der Waals surface area contributed by atoms with Crippen LogP contribution in [0.25, 0.3) is 22.2 Å². The molecule has 4 aromatic rings. The van der Waals surface area contributed by atoms with E-state index in [2.05, 4.69) is 4.98 Å². The summed E-state index contributed by atoms with van der Waals surface area (Å²) in [7, 11) is 1.32. The van der Waals surface area contributed by atoms with Crippen molar-refractivity contribution in [2.24, 2.45) is 0 Å². The van der Waals surface area contributed by atoms with Crippen LogP contribution in [0, 0.1) is 0 Å². The lowest BCUT2D eigenvalue weighted by Crippen LogP contribution is -2.13. The van der Waals surface area contributed by atoms with E-state index in [-0.39, 0.29) is 13.2 Å². The minimum Gasteiger partial charge on any atom is -0.465 e. The molecular weight excluding hydrogens is 372 g/mol. The average Bonchev–Trinajstić information content (AvgIpc) is 3.38. The van der Waals surface area contributed by atoms with Crippen molar-refractivity contribution < 1.29 is 23.5 Å². The maximum Gasteiger partial charge on any atom is 0.340 e. The number of rotatable bonds is 6. The smallest absolute Gasteiger partial charge is 0.340 e. The lowest BCUT2D eigenvalue weighted by Gasteiger charge is -2.05. The van der Waals surface area contributed by atoms with Gasteiger partial charge < -0.3 is 18.5 Å². The number of hydrogen-bond donors (Lipinski definition) is 0. The van der Waals surface area contributed by atoms with Crippen molar-refractivity contribution in [3.05, 3.63) is 78.4 Å². The summed E-state index contributed by atoms with van der Waals surface area (Å²) < 4.78 is 17.4. The highest BCUT2D eigenvalue weighted by molar-refractivity contribution is 6.04. The van der Waals surface area contributed by atoms with Gasteiger partial charge in [0.15, 0.2) is 12.4 Å². The van der Waals surface area contributed by atoms with Gasteiger partial charge in [-0.05, 0) is 6.07 Å². The third kappa shape index (κ3) is 3.89. The number of esters is 2. The first-order chi connectivity index (χ1) is 14.2. The summed E-state index contributed by atoms with van der Waals surface area (Å²) in [5, 5.41) is 0.715. The number of aromatic nitrogens is 2. The minimum absolute atomic E-state index is 0.0518. The van der Waals surface area contributed by atoms with Crippen LogP contribution in [0.2, 0.25) is 0 Å². The molecule has 0 N–H and O–H groups in total. The predicted molar refractivity (Wildman–Crippen MR) is 105 cm³/mol. The standard InChI is InChI=1S/C22H18N2O5/c1-27-22(26)17-12-24(18-10-6-5-9-16(17)18)13-21(25)28-14-20-23-11-19(29-20)15-7-3-2-4-8-15/h2-12H,13-14H2,1H3. The van der Waals surface area contributed by atoms with Crippen LogP contribution in [0.1, 0.15) is 16.2 Å². The highest BCUT2D eigenvalue weighted by atomic mass is 16.5. The third-order valence-corrected chi connectivity index (χ3v) is 4.46. The first-order valence-electron chi connectivity index (χ1n) is 8.97. The van der Waals surface area contributed by atoms with E-state index in [1.54, 1.807) is 23.0 Å². The lowest BCUT2D eigenvalue weighted by atomic mass is 10.2. The summed E-state index contributed by atoms with van der Waals surface area (Å²) in [4.78, 5) is 28.5. The monoisotopic (exact) mass is 390 g/mol. The van der Waals surface area contributed by atoms with Crippen molar-refractivity contribution in [3.8, 4) is 11.3 Å². The Kier molecular flexibility index (Phi) is 5.11. The molecule has 4 rings (SSSR count). The maximum absolute atomic E-state index is 12.3. The van der Waals surface area contributed by atoms with Crippen molar-refractivity contribution in [2.75, 3.05) is 7.11 Å². The third-order valence-electron chi connectivity index (χ3n) is 4.46. The van der Waals surface area contributed by atoms with Gasteiger partial charge in [0.25, 0.3) is 0 Å². The molecule has 2 heterocycles. The fourth-order valence-electron chi connectivity index (χ4n) is 3.09. The SMILES string of the molecule is COC(=O)c1cn(CC(=O)OCc2ncc(-c3ccccc3)o2)c2ccccc12. The van der Waals surface area contributed by atoms with Crippen molar-refractivity contribution in [1.82, 2.24) is 9.55 Å². The van der Waals surface area contributed by atoms with Crippen LogP contribution in [0.15, 0.2) is 71.4 Å². The molecule has 0 aliphatic heterocycles. The summed E-state index contributed by atoms with van der Waals surface area (Å²) in [6.07, 6.45) is 3.19. The molecule has 2 aromatic carbocycles. The number of methoxy groups -OCH3 is 1. The van der Waals surface area contributed by atoms with Crippen LogP contribution in [0.4, 0.5) is 0 Å². The number of fused-ring (bicyclic) bond motifs is 1. The molecule has 0 radical (unpaired) electrons. The Hall–Kier alpha value is -3.87. The largest absolute Gasteiger partial charge is 0.465 e. The molecule has 146 valence electrons. The summed E-state index contributed by atoms with van der Waals surface area (Å²) in [6.45, 7) is -0.127. The quantitative estimate of drug-likeness (QED) is 0.465. The number of hydrogen-bond acceptors (Lipinski definition) is 6. The van der Waals surface area contributed by atoms with Crippen LogP contribution in [-0.2, 0) is 27.4 Å². The lowest BCUT2D eigenvalue weighted by molar-refractivity contribution is -0.146. The fourth-order valence-corrected chi connectivity index (χ4v) is 3.09. The highest BCUT2D eigenvalue weighted by Crippen LogP contribution is 2.23. The van der Waals surface area contributed by atoms with Gasteiger partial charge in [-0.1, -0.05) is 48.5 Å². The Morgan fingerprint density at radius 1 is 1.07 bits per heavy atom. The number of nitrogens with zero attached hydrogens (tertiary/aromatic N) is 2. The topological polar surface area (TPSA) is 83.6 Å². The van der Waals surface area contributed by atoms with Crippen molar-refractivity contribution in [1.29, 1.82) is 0 Å². The second kappa shape index (κ2) is 8.02. The van der Waals surface area contributed by atoms with Gasteiger partial charge in [0.2, 0.25) is 5.89 Å². The van der Waals surface area contributed by atoms with Gasteiger partial charge in [-0.2, -0.15) is 0 Å². The van der Waals surface area contributed by atoms with E-state index >= 15 is 0 Å². The van der Waals surface area contributed by atoms with Crippen LogP contribution < -0.4 is 0 Å². The first-order valence-corrected chi connectivity index (χ1v) is 8.97. The Morgan fingerprint density at radius 2 is 1.83 bits per heavy atom. The zero-order chi connectivity index (χ0) is 20.2. The normalized spacial score (nSPS) is 10.8. The van der Waals surface area contributed by atoms with Gasteiger partial charge in [-0.25, -0.2) is 9.78 Å². The number of oxazole rings is 1. The molecule has 0 amide bonds. The zero-order valence-electron chi connectivity index (χ0n) is 15.7. The van der Waals surface area contributed by atoms with Crippen LogP contribution in [0.5, 0.6) is 0 Å². The molecule has 0 bridgehead atoms. The maximum atomic E-state index is 12.3. The Balaban J connectivity index is 1.44. The predicted octanol–water partition coefficient (Wildman–Crippen LogP) is 3.83. The summed E-state index contributed by atoms with van der Waals surface area (Å²) in [5.41, 5.74) is 2.04. The van der Waals surface area contributed by atoms with Gasteiger partial charge in [0.1, 0.15) is 6.54 Å². The van der Waals surface area contributed by atoms with E-state index < -0.39 is 11.9 Å². The van der Waals surface area contributed by atoms with Gasteiger partial charge in [0, 0.05) is 22.7 Å². The van der Waals surface area contributed by atoms with Gasteiger partial charge >= 0.3 is 11.9 Å². The average molecular weight is 390 g/mol. The van der Waals surface area contributed by atoms with E-state index in [1.165, 1.54) is 7.11 Å². The molecule has 2 aromatic heterocycles. The van der Waals surface area contributed by atoms with Crippen molar-refractivity contribution in [2.45, 2.75) is 13.2 Å². The second-order valence-corrected chi connectivity index (χ2v) is 6.32. The highest BCUT2D eigenvalue weighted by Gasteiger charge is 2.17. The van der Waals surface area contributed by atoms with Crippen molar-refractivity contribution in [3.63, 3.8) is 0 Å². The van der Waals surface area contributed by atoms with E-state index in [0.717, 1.165) is 11.1 Å². The molecular formula is C22H18N2O5. The molecule has 7 nitrogen and oxygen atoms in total. The minimum atomic E-state index is -0.471. The molecule has 0 aliphatic rings. The molecule has 29 heavy (non-hydrogen) atoms. The number of ether oxygens (including phenoxy) is 2. The van der Waals surface area contributed by atoms with E-state index in [4.69, 9.17) is 13.9 Å².